The predicted octanol–water partition coefficient (Wildman–Crippen LogP) is 4.84. The van der Waals surface area contributed by atoms with E-state index in [1.165, 1.54) is 12.8 Å². The molecule has 0 radical (unpaired) electrons. The van der Waals surface area contributed by atoms with Crippen LogP contribution in [0.25, 0.3) is 0 Å². The molecule has 1 saturated carbocycles. The Hall–Kier alpha value is -1.63. The van der Waals surface area contributed by atoms with Crippen LogP contribution in [0.1, 0.15) is 61.8 Å². The van der Waals surface area contributed by atoms with Crippen LogP contribution in [0.3, 0.4) is 0 Å². The second-order valence-corrected chi connectivity index (χ2v) is 10.5. The second-order valence-electron chi connectivity index (χ2n) is 10.1. The first kappa shape index (κ1) is 23.1. The van der Waals surface area contributed by atoms with E-state index in [2.05, 4.69) is 12.1 Å². The molecule has 2 aromatic rings. The van der Waals surface area contributed by atoms with Gasteiger partial charge in [-0.15, -0.1) is 0 Å². The molecule has 178 valence electrons. The van der Waals surface area contributed by atoms with Crippen molar-refractivity contribution in [2.75, 3.05) is 13.2 Å². The molecule has 2 aliphatic heterocycles. The summed E-state index contributed by atoms with van der Waals surface area (Å²) in [4.78, 5) is 0. The molecule has 0 amide bonds. The van der Waals surface area contributed by atoms with E-state index >= 15 is 0 Å². The molecular weight excluding hydrogens is 440 g/mol. The molecule has 2 saturated heterocycles. The first-order valence-electron chi connectivity index (χ1n) is 12.0. The molecule has 5 rings (SSSR count). The Balaban J connectivity index is 1.22. The van der Waals surface area contributed by atoms with Gasteiger partial charge in [0.05, 0.1) is 31.5 Å². The molecule has 33 heavy (non-hydrogen) atoms. The summed E-state index contributed by atoms with van der Waals surface area (Å²) in [5, 5.41) is 21.3. The highest BCUT2D eigenvalue weighted by Gasteiger charge is 2.42. The molecule has 4 unspecified atom stereocenters. The fraction of sp³-hybridized carbons (Fsp3) is 0.556. The maximum atomic E-state index is 10.4. The van der Waals surface area contributed by atoms with Gasteiger partial charge in [-0.2, -0.15) is 0 Å². The predicted molar refractivity (Wildman–Crippen MR) is 127 cm³/mol. The van der Waals surface area contributed by atoms with E-state index in [9.17, 15) is 10.2 Å². The van der Waals surface area contributed by atoms with Crippen molar-refractivity contribution >= 4 is 11.6 Å². The van der Waals surface area contributed by atoms with Crippen molar-refractivity contribution < 1.29 is 24.4 Å². The summed E-state index contributed by atoms with van der Waals surface area (Å²) in [6.45, 7) is 3.75. The van der Waals surface area contributed by atoms with Crippen LogP contribution in [-0.4, -0.2) is 47.8 Å². The number of hydrogen-bond donors (Lipinski definition) is 2. The van der Waals surface area contributed by atoms with Gasteiger partial charge < -0.3 is 24.4 Å². The van der Waals surface area contributed by atoms with E-state index in [1.54, 1.807) is 0 Å². The van der Waals surface area contributed by atoms with E-state index in [0.29, 0.717) is 23.3 Å². The number of hydrogen-bond acceptors (Lipinski definition) is 5. The molecule has 3 fully saturated rings. The minimum absolute atomic E-state index is 0.114. The van der Waals surface area contributed by atoms with E-state index in [4.69, 9.17) is 25.8 Å². The van der Waals surface area contributed by atoms with Gasteiger partial charge in [0.2, 0.25) is 0 Å². The molecule has 3 aliphatic rings. The second kappa shape index (κ2) is 9.55. The van der Waals surface area contributed by atoms with Gasteiger partial charge in [-0.1, -0.05) is 35.9 Å². The third-order valence-electron chi connectivity index (χ3n) is 7.49. The first-order valence-corrected chi connectivity index (χ1v) is 12.4. The van der Waals surface area contributed by atoms with E-state index < -0.39 is 18.3 Å². The van der Waals surface area contributed by atoms with Crippen LogP contribution >= 0.6 is 11.6 Å². The number of aliphatic hydroxyl groups excluding tert-OH is 2. The summed E-state index contributed by atoms with van der Waals surface area (Å²) in [7, 11) is 0. The number of rotatable bonds is 5. The maximum absolute atomic E-state index is 10.4. The average Bonchev–Trinajstić information content (AvgIpc) is 2.78. The fourth-order valence-electron chi connectivity index (χ4n) is 5.35. The van der Waals surface area contributed by atoms with Gasteiger partial charge in [0.1, 0.15) is 18.0 Å². The molecular formula is C27H33ClO5. The van der Waals surface area contributed by atoms with Gasteiger partial charge in [-0.25, -0.2) is 0 Å². The monoisotopic (exact) mass is 472 g/mol. The lowest BCUT2D eigenvalue weighted by molar-refractivity contribution is -0.166. The number of ether oxygens (including phenoxy) is 3. The van der Waals surface area contributed by atoms with Gasteiger partial charge in [0.25, 0.3) is 0 Å². The Bertz CT molecular complexity index is 947. The van der Waals surface area contributed by atoms with Gasteiger partial charge in [-0.3, -0.25) is 0 Å². The van der Waals surface area contributed by atoms with E-state index in [0.717, 1.165) is 48.5 Å². The summed E-state index contributed by atoms with van der Waals surface area (Å²) in [6.07, 6.45) is 3.55. The molecule has 2 aromatic carbocycles. The highest BCUT2D eigenvalue weighted by molar-refractivity contribution is 6.31. The van der Waals surface area contributed by atoms with E-state index in [-0.39, 0.29) is 12.2 Å². The van der Waals surface area contributed by atoms with Crippen molar-refractivity contribution in [1.29, 1.82) is 0 Å². The lowest BCUT2D eigenvalue weighted by atomic mass is 9.72. The van der Waals surface area contributed by atoms with Crippen molar-refractivity contribution in [2.24, 2.45) is 5.41 Å². The Kier molecular flexibility index (Phi) is 6.69. The van der Waals surface area contributed by atoms with Crippen LogP contribution in [0.2, 0.25) is 5.02 Å². The van der Waals surface area contributed by atoms with Crippen LogP contribution in [0.15, 0.2) is 42.5 Å². The Labute approximate surface area is 200 Å². The Morgan fingerprint density at radius 1 is 1.06 bits per heavy atom. The summed E-state index contributed by atoms with van der Waals surface area (Å²) in [5.41, 5.74) is 3.37. The third kappa shape index (κ3) is 5.08. The highest BCUT2D eigenvalue weighted by Crippen LogP contribution is 2.43. The van der Waals surface area contributed by atoms with Gasteiger partial charge in [0, 0.05) is 16.9 Å². The molecule has 2 heterocycles. The zero-order valence-electron chi connectivity index (χ0n) is 19.1. The maximum Gasteiger partial charge on any atom is 0.119 e. The highest BCUT2D eigenvalue weighted by atomic mass is 35.5. The Morgan fingerprint density at radius 3 is 2.45 bits per heavy atom. The number of aliphatic hydroxyl groups is 2. The molecule has 5 nitrogen and oxygen atoms in total. The summed E-state index contributed by atoms with van der Waals surface area (Å²) >= 11 is 6.49. The fourth-order valence-corrected chi connectivity index (χ4v) is 5.53. The summed E-state index contributed by atoms with van der Waals surface area (Å²) < 4.78 is 17.6. The summed E-state index contributed by atoms with van der Waals surface area (Å²) in [6, 6.07) is 13.9. The minimum Gasteiger partial charge on any atom is -0.490 e. The van der Waals surface area contributed by atoms with Crippen molar-refractivity contribution in [3.63, 3.8) is 0 Å². The van der Waals surface area contributed by atoms with Crippen LogP contribution in [0.4, 0.5) is 0 Å². The molecule has 4 atom stereocenters. The first-order chi connectivity index (χ1) is 15.9. The number of halogens is 1. The zero-order chi connectivity index (χ0) is 23.0. The quantitative estimate of drug-likeness (QED) is 0.651. The molecule has 0 aromatic heterocycles. The SMILES string of the molecule is CC1CC(O)C(O)C(c2ccc(Cl)c(Cc3ccc(OC4CCC5(CC4)COC5)cc3)c2)O1. The van der Waals surface area contributed by atoms with Gasteiger partial charge >= 0.3 is 0 Å². The van der Waals surface area contributed by atoms with Crippen LogP contribution in [-0.2, 0) is 15.9 Å². The Morgan fingerprint density at radius 2 is 1.79 bits per heavy atom. The van der Waals surface area contributed by atoms with Crippen molar-refractivity contribution in [3.8, 4) is 5.75 Å². The molecule has 0 bridgehead atoms. The average molecular weight is 473 g/mol. The zero-order valence-corrected chi connectivity index (χ0v) is 19.8. The van der Waals surface area contributed by atoms with Gasteiger partial charge in [-0.05, 0) is 73.9 Å². The minimum atomic E-state index is -0.946. The lowest BCUT2D eigenvalue weighted by Crippen LogP contribution is -2.46. The molecule has 1 spiro atoms. The van der Waals surface area contributed by atoms with Gasteiger partial charge in [0.15, 0.2) is 0 Å². The standard InChI is InChI=1S/C27H33ClO5/c1-17-12-24(29)25(30)26(32-17)19-4-7-23(28)20(14-19)13-18-2-5-21(6-3-18)33-22-8-10-27(11-9-22)15-31-16-27/h2-7,14,17,22,24-26,29-30H,8-13,15-16H2,1H3. The van der Waals surface area contributed by atoms with Crippen LogP contribution in [0.5, 0.6) is 5.75 Å². The molecule has 1 aliphatic carbocycles. The van der Waals surface area contributed by atoms with Crippen molar-refractivity contribution in [2.45, 2.75) is 76.0 Å². The van der Waals surface area contributed by atoms with Crippen LogP contribution < -0.4 is 4.74 Å². The largest absolute Gasteiger partial charge is 0.490 e. The molecule has 2 N–H and O–H groups in total. The van der Waals surface area contributed by atoms with Crippen molar-refractivity contribution in [1.82, 2.24) is 0 Å². The normalized spacial score (nSPS) is 29.6. The van der Waals surface area contributed by atoms with Crippen molar-refractivity contribution in [3.05, 3.63) is 64.2 Å². The van der Waals surface area contributed by atoms with E-state index in [1.807, 2.05) is 37.3 Å². The smallest absolute Gasteiger partial charge is 0.119 e. The lowest BCUT2D eigenvalue weighted by Gasteiger charge is -2.46. The van der Waals surface area contributed by atoms with Crippen LogP contribution in [0, 0.1) is 5.41 Å². The summed E-state index contributed by atoms with van der Waals surface area (Å²) in [5.74, 6) is 0.908. The third-order valence-corrected chi connectivity index (χ3v) is 7.85. The molecule has 6 heteroatoms. The topological polar surface area (TPSA) is 68.2 Å². The number of benzene rings is 2.